The third-order valence-electron chi connectivity index (χ3n) is 7.64. The molecule has 0 aliphatic rings. The number of anilines is 1. The first kappa shape index (κ1) is 36.3. The fourth-order valence-electron chi connectivity index (χ4n) is 5.01. The van der Waals surface area contributed by atoms with Crippen molar-refractivity contribution >= 4 is 62.3 Å². The lowest BCUT2D eigenvalue weighted by Crippen LogP contribution is -2.53. The molecule has 0 aliphatic carbocycles. The number of nitrogens with one attached hydrogen (secondary N) is 1. The number of hydrogen-bond acceptors (Lipinski definition) is 4. The van der Waals surface area contributed by atoms with Crippen molar-refractivity contribution in [1.82, 2.24) is 10.2 Å². The first-order valence-electron chi connectivity index (χ1n) is 15.2. The third kappa shape index (κ3) is 9.51. The molecular weight excluding hydrogens is 677 g/mol. The Labute approximate surface area is 292 Å². The molecule has 0 aromatic heterocycles. The minimum atomic E-state index is -4.27. The predicted octanol–water partition coefficient (Wildman–Crippen LogP) is 7.87. The summed E-state index contributed by atoms with van der Waals surface area (Å²) >= 11 is 19.1. The SMILES string of the molecule is Cc1ccc(S(=O)(=O)N(CC(=O)N(Cc2ccc(Cl)cc2Cl)C(Cc2ccccc2)C(=O)NCC(C)C)c2cc(Cl)ccc2C)cc1. The minimum Gasteiger partial charge on any atom is -0.354 e. The van der Waals surface area contributed by atoms with Crippen LogP contribution < -0.4 is 9.62 Å². The van der Waals surface area contributed by atoms with Gasteiger partial charge >= 0.3 is 0 Å². The van der Waals surface area contributed by atoms with Gasteiger partial charge in [0.15, 0.2) is 0 Å². The maximum Gasteiger partial charge on any atom is 0.264 e. The van der Waals surface area contributed by atoms with Gasteiger partial charge in [-0.2, -0.15) is 0 Å². The zero-order valence-corrected chi connectivity index (χ0v) is 29.8. The van der Waals surface area contributed by atoms with Crippen molar-refractivity contribution in [2.24, 2.45) is 5.92 Å². The smallest absolute Gasteiger partial charge is 0.264 e. The van der Waals surface area contributed by atoms with Crippen LogP contribution in [-0.2, 0) is 32.6 Å². The molecule has 0 heterocycles. The molecule has 1 unspecified atom stereocenters. The quantitative estimate of drug-likeness (QED) is 0.153. The van der Waals surface area contributed by atoms with Gasteiger partial charge in [0.2, 0.25) is 11.8 Å². The number of carbonyl (C=O) groups excluding carboxylic acids is 2. The Kier molecular flexibility index (Phi) is 12.4. The van der Waals surface area contributed by atoms with E-state index in [1.807, 2.05) is 51.1 Å². The van der Waals surface area contributed by atoms with E-state index in [2.05, 4.69) is 5.32 Å². The molecule has 47 heavy (non-hydrogen) atoms. The normalized spacial score (nSPS) is 12.1. The first-order valence-corrected chi connectivity index (χ1v) is 17.7. The lowest BCUT2D eigenvalue weighted by atomic mass is 10.0. The lowest BCUT2D eigenvalue weighted by Gasteiger charge is -2.34. The van der Waals surface area contributed by atoms with Crippen molar-refractivity contribution in [3.8, 4) is 0 Å². The minimum absolute atomic E-state index is 0.0121. The number of nitrogens with zero attached hydrogens (tertiary/aromatic N) is 2. The van der Waals surface area contributed by atoms with Gasteiger partial charge in [-0.15, -0.1) is 0 Å². The molecule has 2 amide bonds. The molecule has 0 radical (unpaired) electrons. The third-order valence-corrected chi connectivity index (χ3v) is 10.2. The number of rotatable bonds is 13. The van der Waals surface area contributed by atoms with Gasteiger partial charge in [-0.25, -0.2) is 8.42 Å². The average Bonchev–Trinajstić information content (AvgIpc) is 3.03. The van der Waals surface area contributed by atoms with E-state index in [9.17, 15) is 18.0 Å². The highest BCUT2D eigenvalue weighted by Crippen LogP contribution is 2.31. The molecule has 0 bridgehead atoms. The van der Waals surface area contributed by atoms with E-state index in [1.54, 1.807) is 49.4 Å². The van der Waals surface area contributed by atoms with E-state index < -0.39 is 28.5 Å². The fourth-order valence-corrected chi connectivity index (χ4v) is 7.12. The van der Waals surface area contributed by atoms with Crippen LogP contribution >= 0.6 is 34.8 Å². The number of benzene rings is 4. The molecule has 11 heteroatoms. The van der Waals surface area contributed by atoms with Crippen molar-refractivity contribution in [2.75, 3.05) is 17.4 Å². The molecule has 0 spiro atoms. The number of aryl methyl sites for hydroxylation is 2. The zero-order valence-electron chi connectivity index (χ0n) is 26.7. The molecule has 4 rings (SSSR count). The summed E-state index contributed by atoms with van der Waals surface area (Å²) in [5, 5.41) is 4.01. The van der Waals surface area contributed by atoms with Crippen LogP contribution in [0, 0.1) is 19.8 Å². The molecule has 0 saturated heterocycles. The molecule has 0 aliphatic heterocycles. The maximum absolute atomic E-state index is 14.6. The Bertz CT molecular complexity index is 1820. The highest BCUT2D eigenvalue weighted by molar-refractivity contribution is 7.92. The number of halogens is 3. The van der Waals surface area contributed by atoms with Gasteiger partial charge < -0.3 is 10.2 Å². The van der Waals surface area contributed by atoms with Gasteiger partial charge in [0.1, 0.15) is 12.6 Å². The van der Waals surface area contributed by atoms with Crippen LogP contribution in [0.15, 0.2) is 95.9 Å². The first-order chi connectivity index (χ1) is 22.3. The van der Waals surface area contributed by atoms with Crippen molar-refractivity contribution in [2.45, 2.75) is 51.6 Å². The van der Waals surface area contributed by atoms with E-state index in [1.165, 1.54) is 23.1 Å². The van der Waals surface area contributed by atoms with Crippen molar-refractivity contribution in [3.63, 3.8) is 0 Å². The largest absolute Gasteiger partial charge is 0.354 e. The number of amides is 2. The highest BCUT2D eigenvalue weighted by atomic mass is 35.5. The number of sulfonamides is 1. The van der Waals surface area contributed by atoms with Gasteiger partial charge in [0.05, 0.1) is 10.6 Å². The summed E-state index contributed by atoms with van der Waals surface area (Å²) in [5.74, 6) is -0.813. The topological polar surface area (TPSA) is 86.8 Å². The fraction of sp³-hybridized carbons (Fsp3) is 0.278. The van der Waals surface area contributed by atoms with Crippen LogP contribution in [0.25, 0.3) is 0 Å². The van der Waals surface area contributed by atoms with Gasteiger partial charge in [-0.1, -0.05) is 109 Å². The monoisotopic (exact) mass is 713 g/mol. The van der Waals surface area contributed by atoms with E-state index in [4.69, 9.17) is 34.8 Å². The summed E-state index contributed by atoms with van der Waals surface area (Å²) < 4.78 is 29.6. The summed E-state index contributed by atoms with van der Waals surface area (Å²) in [6.45, 7) is 7.27. The number of carbonyl (C=O) groups is 2. The van der Waals surface area contributed by atoms with Crippen LogP contribution in [0.1, 0.15) is 36.1 Å². The van der Waals surface area contributed by atoms with Crippen molar-refractivity contribution in [3.05, 3.63) is 128 Å². The Morgan fingerprint density at radius 3 is 2.11 bits per heavy atom. The standard InChI is InChI=1S/C36H38Cl3N3O4S/c1-24(2)21-40-36(44)34(18-27-8-6-5-7-9-27)41(22-28-13-15-29(37)19-32(28)39)35(43)23-42(33-20-30(38)14-12-26(33)4)47(45,46)31-16-10-25(3)11-17-31/h5-17,19-20,24,34H,18,21-23H2,1-4H3,(H,40,44). The second kappa shape index (κ2) is 16.0. The van der Waals surface area contributed by atoms with E-state index in [0.29, 0.717) is 32.7 Å². The molecule has 1 N–H and O–H groups in total. The van der Waals surface area contributed by atoms with Gasteiger partial charge in [0, 0.05) is 34.6 Å². The summed E-state index contributed by atoms with van der Waals surface area (Å²) in [6, 6.07) is 24.5. The van der Waals surface area contributed by atoms with E-state index in [0.717, 1.165) is 15.4 Å². The lowest BCUT2D eigenvalue weighted by molar-refractivity contribution is -0.140. The van der Waals surface area contributed by atoms with Crippen LogP contribution in [0.5, 0.6) is 0 Å². The van der Waals surface area contributed by atoms with Gasteiger partial charge in [-0.3, -0.25) is 13.9 Å². The predicted molar refractivity (Wildman–Crippen MR) is 191 cm³/mol. The van der Waals surface area contributed by atoms with Crippen LogP contribution in [0.3, 0.4) is 0 Å². The van der Waals surface area contributed by atoms with Crippen LogP contribution in [0.4, 0.5) is 5.69 Å². The molecule has 1 atom stereocenters. The second-order valence-corrected chi connectivity index (χ2v) is 15.0. The molecule has 0 saturated carbocycles. The van der Waals surface area contributed by atoms with Crippen LogP contribution in [0.2, 0.25) is 15.1 Å². The van der Waals surface area contributed by atoms with E-state index in [-0.39, 0.29) is 35.4 Å². The number of hydrogen-bond donors (Lipinski definition) is 1. The average molecular weight is 715 g/mol. The highest BCUT2D eigenvalue weighted by Gasteiger charge is 2.35. The van der Waals surface area contributed by atoms with Gasteiger partial charge in [-0.05, 0) is 72.9 Å². The van der Waals surface area contributed by atoms with Gasteiger partial charge in [0.25, 0.3) is 10.0 Å². The maximum atomic E-state index is 14.6. The summed E-state index contributed by atoms with van der Waals surface area (Å²) in [7, 11) is -4.27. The van der Waals surface area contributed by atoms with E-state index >= 15 is 0 Å². The molecule has 4 aromatic carbocycles. The Hall–Kier alpha value is -3.56. The second-order valence-electron chi connectivity index (χ2n) is 11.9. The summed E-state index contributed by atoms with van der Waals surface area (Å²) in [5.41, 5.74) is 3.10. The molecule has 7 nitrogen and oxygen atoms in total. The van der Waals surface area contributed by atoms with Crippen LogP contribution in [-0.4, -0.2) is 44.3 Å². The molecule has 248 valence electrons. The zero-order chi connectivity index (χ0) is 34.3. The Morgan fingerprint density at radius 1 is 0.830 bits per heavy atom. The Balaban J connectivity index is 1.85. The van der Waals surface area contributed by atoms with Crippen molar-refractivity contribution in [1.29, 1.82) is 0 Å². The van der Waals surface area contributed by atoms with Crippen molar-refractivity contribution < 1.29 is 18.0 Å². The summed E-state index contributed by atoms with van der Waals surface area (Å²) in [6.07, 6.45) is 0.183. The summed E-state index contributed by atoms with van der Waals surface area (Å²) in [4.78, 5) is 30.0. The molecule has 4 aromatic rings. The molecular formula is C36H38Cl3N3O4S. The molecule has 0 fully saturated rings. The Morgan fingerprint density at radius 2 is 1.47 bits per heavy atom.